The van der Waals surface area contributed by atoms with Gasteiger partial charge in [0, 0.05) is 17.5 Å². The van der Waals surface area contributed by atoms with Crippen LogP contribution in [-0.4, -0.2) is 31.1 Å². The predicted octanol–water partition coefficient (Wildman–Crippen LogP) is 2.41. The van der Waals surface area contributed by atoms with Crippen LogP contribution in [-0.2, 0) is 4.79 Å². The lowest BCUT2D eigenvalue weighted by atomic mass is 9.47. The van der Waals surface area contributed by atoms with Crippen molar-refractivity contribution in [3.8, 4) is 5.75 Å². The normalized spacial score (nSPS) is 36.1. The molecule has 1 aliphatic heterocycles. The van der Waals surface area contributed by atoms with E-state index >= 15 is 0 Å². The third-order valence-corrected chi connectivity index (χ3v) is 7.12. The van der Waals surface area contributed by atoms with Crippen LogP contribution in [0.2, 0.25) is 0 Å². The molecule has 1 aromatic rings. The van der Waals surface area contributed by atoms with Crippen LogP contribution in [0.15, 0.2) is 18.2 Å². The first kappa shape index (κ1) is 16.8. The molecule has 3 amide bonds. The summed E-state index contributed by atoms with van der Waals surface area (Å²) < 4.78 is 19.2. The summed E-state index contributed by atoms with van der Waals surface area (Å²) in [4.78, 5) is 26.7. The van der Waals surface area contributed by atoms with Crippen molar-refractivity contribution in [1.29, 1.82) is 0 Å². The van der Waals surface area contributed by atoms with Crippen LogP contribution in [0.25, 0.3) is 0 Å². The Labute approximate surface area is 157 Å². The molecule has 4 bridgehead atoms. The number of hydrogen-bond donors (Lipinski definition) is 2. The molecule has 4 aliphatic carbocycles. The van der Waals surface area contributed by atoms with Gasteiger partial charge in [-0.1, -0.05) is 0 Å². The van der Waals surface area contributed by atoms with Crippen LogP contribution in [0.5, 0.6) is 5.75 Å². The number of carbonyl (C=O) groups is 2. The monoisotopic (exact) mass is 373 g/mol. The highest BCUT2D eigenvalue weighted by molar-refractivity contribution is 5.94. The number of rotatable bonds is 2. The van der Waals surface area contributed by atoms with Gasteiger partial charge in [0.2, 0.25) is 5.91 Å². The van der Waals surface area contributed by atoms with E-state index in [4.69, 9.17) is 10.5 Å². The first-order valence-corrected chi connectivity index (χ1v) is 9.75. The van der Waals surface area contributed by atoms with Crippen molar-refractivity contribution >= 4 is 17.6 Å². The van der Waals surface area contributed by atoms with Crippen molar-refractivity contribution in [2.45, 2.75) is 38.1 Å². The van der Waals surface area contributed by atoms with E-state index in [0.29, 0.717) is 42.3 Å². The van der Waals surface area contributed by atoms with Gasteiger partial charge in [0.25, 0.3) is 0 Å². The van der Waals surface area contributed by atoms with E-state index in [1.807, 2.05) is 0 Å². The fourth-order valence-corrected chi connectivity index (χ4v) is 6.18. The van der Waals surface area contributed by atoms with Crippen molar-refractivity contribution in [1.82, 2.24) is 5.32 Å². The SMILES string of the molecule is NC(=O)[C@]12CC3CC(C1)[C@@H](NC(=O)N1CCOc4ccc(F)cc41)C(C3)C2. The van der Waals surface area contributed by atoms with E-state index in [9.17, 15) is 14.0 Å². The van der Waals surface area contributed by atoms with E-state index < -0.39 is 5.82 Å². The number of urea groups is 1. The maximum absolute atomic E-state index is 13.7. The average Bonchev–Trinajstić information content (AvgIpc) is 2.63. The molecule has 0 saturated heterocycles. The Morgan fingerprint density at radius 2 is 1.96 bits per heavy atom. The second-order valence-electron chi connectivity index (χ2n) is 8.70. The number of primary amides is 1. The zero-order chi connectivity index (χ0) is 18.8. The number of nitrogens with two attached hydrogens (primary N) is 1. The van der Waals surface area contributed by atoms with Crippen LogP contribution in [0, 0.1) is 29.0 Å². The molecule has 0 radical (unpaired) electrons. The number of amides is 3. The summed E-state index contributed by atoms with van der Waals surface area (Å²) in [5, 5.41) is 3.21. The fraction of sp³-hybridized carbons (Fsp3) is 0.600. The number of carbonyl (C=O) groups excluding carboxylic acids is 2. The fourth-order valence-electron chi connectivity index (χ4n) is 6.18. The number of benzene rings is 1. The molecule has 4 saturated carbocycles. The minimum Gasteiger partial charge on any atom is -0.490 e. The van der Waals surface area contributed by atoms with Crippen LogP contribution in [0.1, 0.15) is 32.1 Å². The highest BCUT2D eigenvalue weighted by Gasteiger charge is 2.58. The van der Waals surface area contributed by atoms with Crippen LogP contribution in [0.3, 0.4) is 0 Å². The molecule has 2 atom stereocenters. The summed E-state index contributed by atoms with van der Waals surface area (Å²) in [6.07, 6.45) is 4.55. The molecule has 2 unspecified atom stereocenters. The lowest BCUT2D eigenvalue weighted by Crippen LogP contribution is -2.63. The Hall–Kier alpha value is -2.31. The number of anilines is 1. The van der Waals surface area contributed by atoms with Gasteiger partial charge in [0.15, 0.2) is 0 Å². The maximum Gasteiger partial charge on any atom is 0.322 e. The van der Waals surface area contributed by atoms with Crippen molar-refractivity contribution in [3.05, 3.63) is 24.0 Å². The van der Waals surface area contributed by atoms with E-state index in [1.165, 1.54) is 12.1 Å². The predicted molar refractivity (Wildman–Crippen MR) is 96.7 cm³/mol. The maximum atomic E-state index is 13.7. The quantitative estimate of drug-likeness (QED) is 0.835. The molecule has 0 aromatic heterocycles. The Morgan fingerprint density at radius 1 is 1.22 bits per heavy atom. The molecule has 27 heavy (non-hydrogen) atoms. The van der Waals surface area contributed by atoms with Gasteiger partial charge >= 0.3 is 6.03 Å². The Kier molecular flexibility index (Phi) is 3.64. The average molecular weight is 373 g/mol. The molecule has 1 aromatic carbocycles. The van der Waals surface area contributed by atoms with E-state index in [1.54, 1.807) is 11.0 Å². The largest absolute Gasteiger partial charge is 0.490 e. The Balaban J connectivity index is 1.36. The summed E-state index contributed by atoms with van der Waals surface area (Å²) in [6.45, 7) is 0.772. The van der Waals surface area contributed by atoms with Gasteiger partial charge < -0.3 is 15.8 Å². The number of nitrogens with zero attached hydrogens (tertiary/aromatic N) is 1. The molecular formula is C20H24FN3O3. The van der Waals surface area contributed by atoms with Crippen molar-refractivity contribution < 1.29 is 18.7 Å². The number of hydrogen-bond acceptors (Lipinski definition) is 3. The molecule has 1 heterocycles. The van der Waals surface area contributed by atoms with Gasteiger partial charge in [-0.15, -0.1) is 0 Å². The summed E-state index contributed by atoms with van der Waals surface area (Å²) in [5.74, 6) is 1.08. The van der Waals surface area contributed by atoms with E-state index in [0.717, 1.165) is 32.1 Å². The minimum atomic E-state index is -0.393. The number of halogens is 1. The number of nitrogens with one attached hydrogen (secondary N) is 1. The van der Waals surface area contributed by atoms with Crippen molar-refractivity contribution in [2.75, 3.05) is 18.1 Å². The molecule has 5 aliphatic rings. The van der Waals surface area contributed by atoms with Crippen LogP contribution in [0.4, 0.5) is 14.9 Å². The summed E-state index contributed by atoms with van der Waals surface area (Å²) in [6, 6.07) is 4.08. The van der Waals surface area contributed by atoms with Crippen molar-refractivity contribution in [2.24, 2.45) is 28.9 Å². The standard InChI is InChI=1S/C20H24FN3O3/c21-14-1-2-16-15(7-14)24(3-4-27-16)19(26)23-17-12-5-11-6-13(17)10-20(8-11,9-12)18(22)25/h1-2,7,11-13,17H,3-6,8-10H2,(H2,22,25)(H,23,26)/t11?,12?,13?,17-,20-. The first-order chi connectivity index (χ1) is 12.9. The molecule has 4 fully saturated rings. The lowest BCUT2D eigenvalue weighted by Gasteiger charge is -2.58. The van der Waals surface area contributed by atoms with Gasteiger partial charge in [0.05, 0.1) is 12.2 Å². The number of ether oxygens (including phenoxy) is 1. The van der Waals surface area contributed by atoms with Crippen LogP contribution < -0.4 is 20.7 Å². The summed E-state index contributed by atoms with van der Waals surface area (Å²) >= 11 is 0. The topological polar surface area (TPSA) is 84.7 Å². The molecule has 6 nitrogen and oxygen atoms in total. The second-order valence-corrected chi connectivity index (χ2v) is 8.70. The zero-order valence-corrected chi connectivity index (χ0v) is 15.1. The summed E-state index contributed by atoms with van der Waals surface area (Å²) in [7, 11) is 0. The highest BCUT2D eigenvalue weighted by atomic mass is 19.1. The third-order valence-electron chi connectivity index (χ3n) is 7.12. The van der Waals surface area contributed by atoms with Gasteiger partial charge in [0.1, 0.15) is 18.2 Å². The van der Waals surface area contributed by atoms with Crippen LogP contribution >= 0.6 is 0 Å². The lowest BCUT2D eigenvalue weighted by molar-refractivity contribution is -0.145. The van der Waals surface area contributed by atoms with E-state index in [-0.39, 0.29) is 23.4 Å². The van der Waals surface area contributed by atoms with Gasteiger partial charge in [-0.05, 0) is 62.0 Å². The molecule has 7 heteroatoms. The molecule has 144 valence electrons. The third kappa shape index (κ3) is 2.58. The zero-order valence-electron chi connectivity index (χ0n) is 15.1. The molecule has 3 N–H and O–H groups in total. The molecule has 0 spiro atoms. The Bertz CT molecular complexity index is 798. The minimum absolute atomic E-state index is 0.0568. The van der Waals surface area contributed by atoms with Gasteiger partial charge in [-0.2, -0.15) is 0 Å². The Morgan fingerprint density at radius 3 is 2.67 bits per heavy atom. The summed E-state index contributed by atoms with van der Waals surface area (Å²) in [5.41, 5.74) is 5.84. The van der Waals surface area contributed by atoms with Crippen molar-refractivity contribution in [3.63, 3.8) is 0 Å². The molecular weight excluding hydrogens is 349 g/mol. The highest BCUT2D eigenvalue weighted by Crippen LogP contribution is 2.59. The van der Waals surface area contributed by atoms with Gasteiger partial charge in [-0.3, -0.25) is 9.69 Å². The smallest absolute Gasteiger partial charge is 0.322 e. The second kappa shape index (κ2) is 5.84. The van der Waals surface area contributed by atoms with Gasteiger partial charge in [-0.25, -0.2) is 9.18 Å². The number of fused-ring (bicyclic) bond motifs is 1. The molecule has 6 rings (SSSR count). The van der Waals surface area contributed by atoms with E-state index in [2.05, 4.69) is 5.32 Å². The first-order valence-electron chi connectivity index (χ1n) is 9.75.